The monoisotopic (exact) mass is 298 g/mol. The van der Waals surface area contributed by atoms with Crippen molar-refractivity contribution in [1.29, 1.82) is 0 Å². The van der Waals surface area contributed by atoms with Crippen molar-refractivity contribution in [3.63, 3.8) is 0 Å². The molecule has 0 spiro atoms. The Bertz CT molecular complexity index is 346. The summed E-state index contributed by atoms with van der Waals surface area (Å²) in [7, 11) is 0. The van der Waals surface area contributed by atoms with Crippen LogP contribution in [-0.2, 0) is 0 Å². The maximum absolute atomic E-state index is 13.5. The van der Waals surface area contributed by atoms with Gasteiger partial charge in [0.25, 0.3) is 0 Å². The summed E-state index contributed by atoms with van der Waals surface area (Å²) >= 11 is 8.37. The van der Waals surface area contributed by atoms with Crippen LogP contribution in [0.15, 0.2) is 16.6 Å². The Hall–Kier alpha value is -0.190. The lowest BCUT2D eigenvalue weighted by molar-refractivity contribution is 0.157. The van der Waals surface area contributed by atoms with E-state index >= 15 is 0 Å². The van der Waals surface area contributed by atoms with Crippen LogP contribution in [0.2, 0.25) is 0 Å². The number of hydrogen-bond acceptors (Lipinski definition) is 1. The lowest BCUT2D eigenvalue weighted by atomic mass is 10.0. The molecule has 0 fully saturated rings. The van der Waals surface area contributed by atoms with Gasteiger partial charge in [-0.1, -0.05) is 0 Å². The first-order valence-corrected chi connectivity index (χ1v) is 5.78. The molecule has 15 heavy (non-hydrogen) atoms. The van der Waals surface area contributed by atoms with Crippen LogP contribution in [0.25, 0.3) is 0 Å². The Morgan fingerprint density at radius 3 is 2.67 bits per heavy atom. The smallest absolute Gasteiger partial charge is 0.146 e. The first kappa shape index (κ1) is 12.9. The summed E-state index contributed by atoms with van der Waals surface area (Å²) in [6.07, 6.45) is -0.400. The molecule has 0 aliphatic carbocycles. The van der Waals surface area contributed by atoms with Gasteiger partial charge in [-0.2, -0.15) is 0 Å². The number of hydrogen-bond donors (Lipinski definition) is 1. The average molecular weight is 300 g/mol. The molecule has 1 aromatic rings. The lowest BCUT2D eigenvalue weighted by Gasteiger charge is -2.12. The van der Waals surface area contributed by atoms with Crippen LogP contribution in [-0.4, -0.2) is 11.0 Å². The summed E-state index contributed by atoms with van der Waals surface area (Å²) in [5, 5.41) is 9.58. The fourth-order valence-corrected chi connectivity index (χ4v) is 1.76. The number of halogens is 4. The van der Waals surface area contributed by atoms with E-state index in [1.165, 1.54) is 6.07 Å². The first-order chi connectivity index (χ1) is 7.07. The summed E-state index contributed by atoms with van der Waals surface area (Å²) in [5.41, 5.74) is -0.297. The zero-order valence-corrected chi connectivity index (χ0v) is 10.2. The van der Waals surface area contributed by atoms with Crippen LogP contribution in [0.1, 0.15) is 24.5 Å². The van der Waals surface area contributed by atoms with Gasteiger partial charge >= 0.3 is 0 Å². The Morgan fingerprint density at radius 2 is 2.07 bits per heavy atom. The zero-order chi connectivity index (χ0) is 11.4. The first-order valence-electron chi connectivity index (χ1n) is 4.45. The SMILES string of the molecule is OC(CCCCl)c1c(F)ccc(Br)c1F. The van der Waals surface area contributed by atoms with Gasteiger partial charge in [0.05, 0.1) is 16.1 Å². The molecule has 0 amide bonds. The van der Waals surface area contributed by atoms with Crippen molar-refractivity contribution >= 4 is 27.5 Å². The third-order valence-electron chi connectivity index (χ3n) is 2.02. The van der Waals surface area contributed by atoms with Gasteiger partial charge in [-0.05, 0) is 40.9 Å². The standard InChI is InChI=1S/C10H10BrClF2O/c11-6-3-4-7(13)9(10(6)14)8(15)2-1-5-12/h3-4,8,15H,1-2,5H2. The zero-order valence-electron chi connectivity index (χ0n) is 7.81. The van der Waals surface area contributed by atoms with E-state index in [9.17, 15) is 13.9 Å². The van der Waals surface area contributed by atoms with E-state index in [4.69, 9.17) is 11.6 Å². The van der Waals surface area contributed by atoms with Gasteiger partial charge in [0.15, 0.2) is 0 Å². The van der Waals surface area contributed by atoms with Crippen LogP contribution in [0.5, 0.6) is 0 Å². The topological polar surface area (TPSA) is 20.2 Å². The Labute approximate surface area is 100 Å². The molecule has 0 saturated heterocycles. The Morgan fingerprint density at radius 1 is 1.40 bits per heavy atom. The minimum atomic E-state index is -1.15. The van der Waals surface area contributed by atoms with Gasteiger partial charge in [-0.25, -0.2) is 8.78 Å². The van der Waals surface area contributed by atoms with E-state index in [1.54, 1.807) is 0 Å². The van der Waals surface area contributed by atoms with E-state index in [-0.39, 0.29) is 16.5 Å². The van der Waals surface area contributed by atoms with E-state index in [2.05, 4.69) is 15.9 Å². The van der Waals surface area contributed by atoms with Crippen molar-refractivity contribution in [3.05, 3.63) is 33.8 Å². The fourth-order valence-electron chi connectivity index (χ4n) is 1.26. The van der Waals surface area contributed by atoms with Gasteiger partial charge < -0.3 is 5.11 Å². The van der Waals surface area contributed by atoms with Gasteiger partial charge in [0.1, 0.15) is 11.6 Å². The number of aliphatic hydroxyl groups is 1. The minimum Gasteiger partial charge on any atom is -0.388 e. The highest BCUT2D eigenvalue weighted by Crippen LogP contribution is 2.28. The molecule has 1 N–H and O–H groups in total. The molecule has 1 nitrogen and oxygen atoms in total. The average Bonchev–Trinajstić information content (AvgIpc) is 2.21. The maximum atomic E-state index is 13.5. The maximum Gasteiger partial charge on any atom is 0.146 e. The summed E-state index contributed by atoms with van der Waals surface area (Å²) in [4.78, 5) is 0. The lowest BCUT2D eigenvalue weighted by Crippen LogP contribution is -2.05. The van der Waals surface area contributed by atoms with Crippen LogP contribution < -0.4 is 0 Å². The molecule has 1 rings (SSSR count). The number of alkyl halides is 1. The van der Waals surface area contributed by atoms with Crippen LogP contribution >= 0.6 is 27.5 Å². The van der Waals surface area contributed by atoms with Gasteiger partial charge in [-0.15, -0.1) is 11.6 Å². The molecule has 0 aliphatic heterocycles. The number of benzene rings is 1. The molecule has 1 unspecified atom stereocenters. The minimum absolute atomic E-state index is 0.142. The predicted octanol–water partition coefficient (Wildman–Crippen LogP) is 3.78. The van der Waals surface area contributed by atoms with Crippen molar-refractivity contribution in [2.45, 2.75) is 18.9 Å². The van der Waals surface area contributed by atoms with Crippen LogP contribution in [0.3, 0.4) is 0 Å². The molecule has 0 aliphatic rings. The molecular formula is C10H10BrClF2O. The summed E-state index contributed by atoms with van der Waals surface area (Å²) in [5.74, 6) is -1.14. The van der Waals surface area contributed by atoms with Crippen LogP contribution in [0, 0.1) is 11.6 Å². The van der Waals surface area contributed by atoms with E-state index in [0.717, 1.165) is 6.07 Å². The van der Waals surface area contributed by atoms with Crippen molar-refractivity contribution in [1.82, 2.24) is 0 Å². The number of rotatable bonds is 4. The van der Waals surface area contributed by atoms with Gasteiger partial charge in [0.2, 0.25) is 0 Å². The summed E-state index contributed by atoms with van der Waals surface area (Å²) < 4.78 is 26.9. The van der Waals surface area contributed by atoms with Gasteiger partial charge in [0, 0.05) is 5.88 Å². The quantitative estimate of drug-likeness (QED) is 0.662. The second-order valence-electron chi connectivity index (χ2n) is 3.10. The molecule has 5 heteroatoms. The second-order valence-corrected chi connectivity index (χ2v) is 4.34. The number of aliphatic hydroxyl groups excluding tert-OH is 1. The van der Waals surface area contributed by atoms with Crippen molar-refractivity contribution < 1.29 is 13.9 Å². The van der Waals surface area contributed by atoms with Crippen LogP contribution in [0.4, 0.5) is 8.78 Å². The molecule has 84 valence electrons. The fraction of sp³-hybridized carbons (Fsp3) is 0.400. The summed E-state index contributed by atoms with van der Waals surface area (Å²) in [6.45, 7) is 0. The van der Waals surface area contributed by atoms with Crippen molar-refractivity contribution in [3.8, 4) is 0 Å². The molecular weight excluding hydrogens is 289 g/mol. The third kappa shape index (κ3) is 3.13. The molecule has 1 aromatic carbocycles. The highest BCUT2D eigenvalue weighted by atomic mass is 79.9. The summed E-state index contributed by atoms with van der Waals surface area (Å²) in [6, 6.07) is 2.38. The van der Waals surface area contributed by atoms with Crippen molar-refractivity contribution in [2.75, 3.05) is 5.88 Å². The molecule has 0 aromatic heterocycles. The largest absolute Gasteiger partial charge is 0.388 e. The Balaban J connectivity index is 2.96. The van der Waals surface area contributed by atoms with Gasteiger partial charge in [-0.3, -0.25) is 0 Å². The van der Waals surface area contributed by atoms with E-state index in [1.807, 2.05) is 0 Å². The molecule has 0 heterocycles. The predicted molar refractivity (Wildman–Crippen MR) is 59.0 cm³/mol. The normalized spacial score (nSPS) is 12.9. The molecule has 0 radical (unpaired) electrons. The highest BCUT2D eigenvalue weighted by molar-refractivity contribution is 9.10. The Kier molecular flexibility index (Phi) is 4.96. The molecule has 0 saturated carbocycles. The van der Waals surface area contributed by atoms with Crippen molar-refractivity contribution in [2.24, 2.45) is 0 Å². The third-order valence-corrected chi connectivity index (χ3v) is 2.90. The second kappa shape index (κ2) is 5.77. The van der Waals surface area contributed by atoms with E-state index in [0.29, 0.717) is 12.3 Å². The highest BCUT2D eigenvalue weighted by Gasteiger charge is 2.19. The molecule has 1 atom stereocenters. The molecule has 0 bridgehead atoms. The van der Waals surface area contributed by atoms with E-state index < -0.39 is 17.7 Å².